The highest BCUT2D eigenvalue weighted by Crippen LogP contribution is 2.30. The van der Waals surface area contributed by atoms with E-state index in [1.165, 1.54) is 0 Å². The Balaban J connectivity index is 2.33. The summed E-state index contributed by atoms with van der Waals surface area (Å²) in [5, 5.41) is 27.7. The largest absolute Gasteiger partial charge is 0.457 e. The topological polar surface area (TPSA) is 73.5 Å². The molecule has 0 saturated heterocycles. The molecule has 0 aliphatic heterocycles. The van der Waals surface area contributed by atoms with E-state index in [2.05, 4.69) is 0 Å². The molecule has 0 aliphatic carbocycles. The Bertz CT molecular complexity index is 627. The maximum atomic E-state index is 9.73. The number of aliphatic hydroxyl groups excluding tert-OH is 2. The average Bonchev–Trinajstić information content (AvgIpc) is 2.47. The van der Waals surface area contributed by atoms with Gasteiger partial charge in [0, 0.05) is 5.56 Å². The molecule has 2 N–H and O–H groups in total. The van der Waals surface area contributed by atoms with Crippen LogP contribution in [0.1, 0.15) is 29.7 Å². The van der Waals surface area contributed by atoms with E-state index < -0.39 is 6.10 Å². The molecule has 102 valence electrons. The van der Waals surface area contributed by atoms with Crippen LogP contribution in [0, 0.1) is 11.3 Å². The first kappa shape index (κ1) is 14.1. The third-order valence-corrected chi connectivity index (χ3v) is 2.93. The molecule has 0 unspecified atom stereocenters. The first-order valence-electron chi connectivity index (χ1n) is 6.24. The second-order valence-corrected chi connectivity index (χ2v) is 4.44. The molecule has 4 heteroatoms. The van der Waals surface area contributed by atoms with Crippen molar-refractivity contribution in [1.29, 1.82) is 5.26 Å². The summed E-state index contributed by atoms with van der Waals surface area (Å²) in [5.41, 5.74) is 1.88. The van der Waals surface area contributed by atoms with Crippen LogP contribution in [-0.4, -0.2) is 10.2 Å². The Morgan fingerprint density at radius 2 is 1.90 bits per heavy atom. The van der Waals surface area contributed by atoms with Crippen molar-refractivity contribution in [2.45, 2.75) is 19.6 Å². The molecule has 0 aliphatic rings. The van der Waals surface area contributed by atoms with Gasteiger partial charge in [0.1, 0.15) is 11.5 Å². The molecule has 2 rings (SSSR count). The first-order chi connectivity index (χ1) is 9.63. The zero-order chi connectivity index (χ0) is 14.5. The number of nitriles is 1. The maximum absolute atomic E-state index is 9.73. The van der Waals surface area contributed by atoms with E-state index >= 15 is 0 Å². The SMILES string of the molecule is C[C@H](O)c1ccc(C#N)cc1Oc1ccc(CO)cc1. The molecule has 0 spiro atoms. The van der Waals surface area contributed by atoms with E-state index in [4.69, 9.17) is 15.1 Å². The molecule has 0 aromatic heterocycles. The lowest BCUT2D eigenvalue weighted by molar-refractivity contribution is 0.195. The summed E-state index contributed by atoms with van der Waals surface area (Å²) in [6, 6.07) is 13.9. The molecule has 20 heavy (non-hydrogen) atoms. The molecule has 0 bridgehead atoms. The van der Waals surface area contributed by atoms with Crippen LogP contribution in [0.25, 0.3) is 0 Å². The molecule has 0 saturated carbocycles. The van der Waals surface area contributed by atoms with Crippen molar-refractivity contribution in [1.82, 2.24) is 0 Å². The fraction of sp³-hybridized carbons (Fsp3) is 0.188. The van der Waals surface area contributed by atoms with Crippen LogP contribution < -0.4 is 4.74 Å². The van der Waals surface area contributed by atoms with Crippen LogP contribution in [0.3, 0.4) is 0 Å². The molecule has 0 heterocycles. The van der Waals surface area contributed by atoms with Crippen LogP contribution in [0.15, 0.2) is 42.5 Å². The normalized spacial score (nSPS) is 11.7. The third kappa shape index (κ3) is 3.15. The number of hydrogen-bond acceptors (Lipinski definition) is 4. The van der Waals surface area contributed by atoms with Crippen molar-refractivity contribution in [3.63, 3.8) is 0 Å². The molecule has 4 nitrogen and oxygen atoms in total. The lowest BCUT2D eigenvalue weighted by Crippen LogP contribution is -1.97. The van der Waals surface area contributed by atoms with Crippen LogP contribution in [0.2, 0.25) is 0 Å². The van der Waals surface area contributed by atoms with Crippen molar-refractivity contribution in [3.8, 4) is 17.6 Å². The minimum atomic E-state index is -0.686. The number of hydrogen-bond donors (Lipinski definition) is 2. The summed E-state index contributed by atoms with van der Waals surface area (Å²) in [5.74, 6) is 1.04. The van der Waals surface area contributed by atoms with Crippen molar-refractivity contribution in [2.24, 2.45) is 0 Å². The third-order valence-electron chi connectivity index (χ3n) is 2.93. The number of benzene rings is 2. The minimum Gasteiger partial charge on any atom is -0.457 e. The lowest BCUT2D eigenvalue weighted by atomic mass is 10.1. The van der Waals surface area contributed by atoms with Gasteiger partial charge in [0.05, 0.1) is 24.3 Å². The van der Waals surface area contributed by atoms with Gasteiger partial charge < -0.3 is 14.9 Å². The zero-order valence-electron chi connectivity index (χ0n) is 11.1. The van der Waals surface area contributed by atoms with E-state index in [1.807, 2.05) is 6.07 Å². The number of aliphatic hydroxyl groups is 2. The van der Waals surface area contributed by atoms with Gasteiger partial charge in [0.15, 0.2) is 0 Å². The molecule has 0 fully saturated rings. The van der Waals surface area contributed by atoms with Gasteiger partial charge in [-0.1, -0.05) is 18.2 Å². The Kier molecular flexibility index (Phi) is 4.36. The Morgan fingerprint density at radius 1 is 1.20 bits per heavy atom. The monoisotopic (exact) mass is 269 g/mol. The second kappa shape index (κ2) is 6.20. The Hall–Kier alpha value is -2.35. The number of rotatable bonds is 4. The summed E-state index contributed by atoms with van der Waals surface area (Å²) < 4.78 is 5.72. The van der Waals surface area contributed by atoms with Gasteiger partial charge in [-0.2, -0.15) is 5.26 Å². The summed E-state index contributed by atoms with van der Waals surface area (Å²) >= 11 is 0. The molecule has 1 atom stereocenters. The van der Waals surface area contributed by atoms with Crippen LogP contribution >= 0.6 is 0 Å². The van der Waals surface area contributed by atoms with Crippen LogP contribution in [0.4, 0.5) is 0 Å². The first-order valence-corrected chi connectivity index (χ1v) is 6.24. The van der Waals surface area contributed by atoms with Gasteiger partial charge in [0.2, 0.25) is 0 Å². The van der Waals surface area contributed by atoms with Crippen molar-refractivity contribution in [2.75, 3.05) is 0 Å². The van der Waals surface area contributed by atoms with Crippen LogP contribution in [-0.2, 0) is 6.61 Å². The highest BCUT2D eigenvalue weighted by atomic mass is 16.5. The van der Waals surface area contributed by atoms with Gasteiger partial charge in [-0.05, 0) is 36.8 Å². The average molecular weight is 269 g/mol. The van der Waals surface area contributed by atoms with Gasteiger partial charge >= 0.3 is 0 Å². The lowest BCUT2D eigenvalue weighted by Gasteiger charge is -2.13. The fourth-order valence-corrected chi connectivity index (χ4v) is 1.83. The molecule has 2 aromatic carbocycles. The van der Waals surface area contributed by atoms with Gasteiger partial charge in [-0.25, -0.2) is 0 Å². The highest BCUT2D eigenvalue weighted by molar-refractivity contribution is 5.45. The fourth-order valence-electron chi connectivity index (χ4n) is 1.83. The van der Waals surface area contributed by atoms with Gasteiger partial charge in [-0.15, -0.1) is 0 Å². The maximum Gasteiger partial charge on any atom is 0.134 e. The predicted octanol–water partition coefficient (Wildman–Crippen LogP) is 2.90. The smallest absolute Gasteiger partial charge is 0.134 e. The molecule has 2 aromatic rings. The summed E-state index contributed by atoms with van der Waals surface area (Å²) in [6.07, 6.45) is -0.686. The standard InChI is InChI=1S/C16H15NO3/c1-11(19)15-7-4-13(9-17)8-16(15)20-14-5-2-12(10-18)3-6-14/h2-8,11,18-19H,10H2,1H3/t11-/m0/s1. The van der Waals surface area contributed by atoms with Gasteiger partial charge in [0.25, 0.3) is 0 Å². The van der Waals surface area contributed by atoms with E-state index in [0.29, 0.717) is 22.6 Å². The highest BCUT2D eigenvalue weighted by Gasteiger charge is 2.11. The molecular weight excluding hydrogens is 254 g/mol. The zero-order valence-corrected chi connectivity index (χ0v) is 11.1. The van der Waals surface area contributed by atoms with E-state index in [1.54, 1.807) is 49.4 Å². The summed E-state index contributed by atoms with van der Waals surface area (Å²) in [7, 11) is 0. The molecular formula is C16H15NO3. The van der Waals surface area contributed by atoms with Crippen LogP contribution in [0.5, 0.6) is 11.5 Å². The van der Waals surface area contributed by atoms with E-state index in [-0.39, 0.29) is 6.61 Å². The molecule has 0 amide bonds. The van der Waals surface area contributed by atoms with Crippen molar-refractivity contribution >= 4 is 0 Å². The van der Waals surface area contributed by atoms with Crippen molar-refractivity contribution in [3.05, 3.63) is 59.2 Å². The minimum absolute atomic E-state index is 0.0247. The number of nitrogens with zero attached hydrogens (tertiary/aromatic N) is 1. The Labute approximate surface area is 117 Å². The van der Waals surface area contributed by atoms with E-state index in [9.17, 15) is 5.11 Å². The predicted molar refractivity (Wildman–Crippen MR) is 74.2 cm³/mol. The second-order valence-electron chi connectivity index (χ2n) is 4.44. The van der Waals surface area contributed by atoms with E-state index in [0.717, 1.165) is 5.56 Å². The molecule has 0 radical (unpaired) electrons. The Morgan fingerprint density at radius 3 is 2.45 bits per heavy atom. The van der Waals surface area contributed by atoms with Crippen molar-refractivity contribution < 1.29 is 14.9 Å². The summed E-state index contributed by atoms with van der Waals surface area (Å²) in [6.45, 7) is 1.62. The van der Waals surface area contributed by atoms with Gasteiger partial charge in [-0.3, -0.25) is 0 Å². The summed E-state index contributed by atoms with van der Waals surface area (Å²) in [4.78, 5) is 0. The number of ether oxygens (including phenoxy) is 1. The quantitative estimate of drug-likeness (QED) is 0.895.